The third kappa shape index (κ3) is 22.8. The smallest absolute Gasteiger partial charge is 1.00 e. The van der Waals surface area contributed by atoms with Crippen LogP contribution in [-0.4, -0.2) is 55.7 Å². The van der Waals surface area contributed by atoms with Crippen molar-refractivity contribution in [2.24, 2.45) is 17.4 Å². The third-order valence-electron chi connectivity index (χ3n) is 5.07. The fourth-order valence-electron chi connectivity index (χ4n) is 3.20. The molecule has 0 bridgehead atoms. The largest absolute Gasteiger partial charge is 1.00 e. The van der Waals surface area contributed by atoms with Crippen molar-refractivity contribution in [2.45, 2.75) is 89.3 Å². The van der Waals surface area contributed by atoms with Crippen molar-refractivity contribution in [1.29, 1.82) is 0 Å². The Morgan fingerprint density at radius 1 is 0.889 bits per heavy atom. The molecule has 4 nitrogen and oxygen atoms in total. The predicted octanol–water partition coefficient (Wildman–Crippen LogP) is -0.0260. The minimum atomic E-state index is 0. The molecule has 2 atom stereocenters. The number of nitrogens with one attached hydrogen (secondary N) is 1. The molecule has 0 radical (unpaired) electrons. The van der Waals surface area contributed by atoms with Crippen LogP contribution >= 0.6 is 25.8 Å². The Morgan fingerprint density at radius 3 is 1.52 bits per heavy atom. The fourth-order valence-corrected chi connectivity index (χ4v) is 3.20. The van der Waals surface area contributed by atoms with Crippen LogP contribution in [0.1, 0.15) is 72.6 Å². The summed E-state index contributed by atoms with van der Waals surface area (Å²) in [5.41, 5.74) is 11.4. The first-order valence-corrected chi connectivity index (χ1v) is 14.6. The molecule has 5 N–H and O–H groups in total. The summed E-state index contributed by atoms with van der Waals surface area (Å²) < 4.78 is 4.94. The molecular weight excluding hydrogens is 401 g/mol. The molecule has 3 aliphatic rings. The molecule has 1 aliphatic heterocycles. The maximum Gasteiger partial charge on any atom is 1.00 e. The average molecular weight is 449 g/mol. The molecule has 1 saturated heterocycles. The molecule has 0 amide bonds. The van der Waals surface area contributed by atoms with Crippen LogP contribution in [0.5, 0.6) is 0 Å². The second-order valence-corrected chi connectivity index (χ2v) is 11.7. The number of ether oxygens (including phenoxy) is 1. The van der Waals surface area contributed by atoms with E-state index in [-0.39, 0.29) is 37.6 Å². The Kier molecular flexibility index (Phi) is 30.8. The van der Waals surface area contributed by atoms with Crippen LogP contribution in [0, 0.1) is 5.92 Å². The summed E-state index contributed by atoms with van der Waals surface area (Å²) in [7, 11) is 8.08. The molecule has 2 saturated carbocycles. The SMILES string of the molecule is C1CCOC1.CC1CCC(N)CC1.CNC1CCC(N)CC1.PPP.[AlH3].[H-].[Li+]. The van der Waals surface area contributed by atoms with E-state index < -0.39 is 0 Å². The summed E-state index contributed by atoms with van der Waals surface area (Å²) >= 11 is 0. The molecule has 2 aliphatic carbocycles. The zero-order valence-electron chi connectivity index (χ0n) is 18.5. The van der Waals surface area contributed by atoms with E-state index in [4.69, 9.17) is 16.2 Å². The van der Waals surface area contributed by atoms with Crippen molar-refractivity contribution in [3.63, 3.8) is 0 Å². The van der Waals surface area contributed by atoms with Crippen LogP contribution in [-0.2, 0) is 4.74 Å². The van der Waals surface area contributed by atoms with Gasteiger partial charge in [0.2, 0.25) is 0 Å². The van der Waals surface area contributed by atoms with Gasteiger partial charge in [-0.2, -0.15) is 0 Å². The van der Waals surface area contributed by atoms with Gasteiger partial charge in [0, 0.05) is 31.3 Å². The van der Waals surface area contributed by atoms with Gasteiger partial charge in [-0.3, -0.25) is 0 Å². The van der Waals surface area contributed by atoms with E-state index in [1.165, 1.54) is 64.2 Å². The molecule has 27 heavy (non-hydrogen) atoms. The summed E-state index contributed by atoms with van der Waals surface area (Å²) in [6.45, 7) is 4.31. The minimum Gasteiger partial charge on any atom is -1.00 e. The van der Waals surface area contributed by atoms with E-state index in [0.717, 1.165) is 33.1 Å². The van der Waals surface area contributed by atoms with Gasteiger partial charge in [-0.25, -0.2) is 0 Å². The van der Waals surface area contributed by atoms with Gasteiger partial charge in [-0.1, -0.05) is 14.9 Å². The van der Waals surface area contributed by atoms with Crippen molar-refractivity contribution in [1.82, 2.24) is 5.32 Å². The topological polar surface area (TPSA) is 73.3 Å². The summed E-state index contributed by atoms with van der Waals surface area (Å²) in [5, 5.41) is 3.27. The van der Waals surface area contributed by atoms with Crippen LogP contribution in [0.2, 0.25) is 0 Å². The summed E-state index contributed by atoms with van der Waals surface area (Å²) in [5.74, 6) is 0.940. The van der Waals surface area contributed by atoms with Gasteiger partial charge in [-0.15, -0.1) is 17.9 Å². The molecule has 3 fully saturated rings. The first kappa shape index (κ1) is 33.9. The molecule has 0 spiro atoms. The molecule has 160 valence electrons. The van der Waals surface area contributed by atoms with Gasteiger partial charge in [-0.05, 0) is 77.2 Å². The molecule has 2 unspecified atom stereocenters. The van der Waals surface area contributed by atoms with Gasteiger partial charge in [0.05, 0.1) is 0 Å². The van der Waals surface area contributed by atoms with Crippen LogP contribution in [0.15, 0.2) is 0 Å². The van der Waals surface area contributed by atoms with Crippen LogP contribution < -0.4 is 35.6 Å². The van der Waals surface area contributed by atoms with Crippen LogP contribution in [0.3, 0.4) is 0 Å². The van der Waals surface area contributed by atoms with Crippen molar-refractivity contribution < 1.29 is 25.0 Å². The Bertz CT molecular complexity index is 269. The Balaban J connectivity index is -0.000000141. The van der Waals surface area contributed by atoms with Crippen LogP contribution in [0.4, 0.5) is 0 Å². The monoisotopic (exact) mass is 449 g/mol. The maximum atomic E-state index is 5.72. The van der Waals surface area contributed by atoms with Crippen molar-refractivity contribution in [2.75, 3.05) is 20.3 Å². The maximum absolute atomic E-state index is 5.72. The van der Waals surface area contributed by atoms with Gasteiger partial charge in [0.1, 0.15) is 0 Å². The standard InChI is InChI=1S/C7H16N2.C7H15N.C4H8O.Al.Li.H5P3.4H/c1-9-7-4-2-6(8)3-5-7;1-6-2-4-7(8)5-3-6;1-2-4-5-3-1;;;1-3-2;;;;/h6-7,9H,2-5,8H2,1H3;6-7H,2-5,8H2,1H3;1-4H2;;;3H,1-2H2;;;;/q;;;;+1;;;;;-1. The quantitative estimate of drug-likeness (QED) is 0.389. The van der Waals surface area contributed by atoms with Crippen molar-refractivity contribution in [3.05, 3.63) is 0 Å². The van der Waals surface area contributed by atoms with E-state index in [2.05, 4.69) is 30.1 Å². The fraction of sp³-hybridized carbons (Fsp3) is 1.00. The minimum absolute atomic E-state index is 0. The second-order valence-electron chi connectivity index (χ2n) is 7.41. The van der Waals surface area contributed by atoms with Gasteiger partial charge < -0.3 is 22.9 Å². The van der Waals surface area contributed by atoms with Gasteiger partial charge in [0.15, 0.2) is 17.4 Å². The first-order chi connectivity index (χ1) is 12.0. The molecule has 3 rings (SSSR count). The third-order valence-corrected chi connectivity index (χ3v) is 5.07. The van der Waals surface area contributed by atoms with Gasteiger partial charge >= 0.3 is 18.9 Å². The number of hydrogen-bond donors (Lipinski definition) is 3. The molecular formula is C18H48AlLiN3OP3. The predicted molar refractivity (Wildman–Crippen MR) is 134 cm³/mol. The number of hydrogen-bond acceptors (Lipinski definition) is 4. The normalized spacial score (nSPS) is 29.1. The molecule has 9 heteroatoms. The molecule has 0 aromatic rings. The van der Waals surface area contributed by atoms with E-state index in [1.807, 2.05) is 7.05 Å². The first-order valence-electron chi connectivity index (χ1n) is 9.95. The van der Waals surface area contributed by atoms with Gasteiger partial charge in [0.25, 0.3) is 0 Å². The zero-order chi connectivity index (χ0) is 18.9. The average Bonchev–Trinajstić information content (AvgIpc) is 3.19. The molecule has 0 aromatic heterocycles. The van der Waals surface area contributed by atoms with E-state index in [1.54, 1.807) is 0 Å². The molecule has 1 heterocycles. The Morgan fingerprint density at radius 2 is 1.26 bits per heavy atom. The summed E-state index contributed by atoms with van der Waals surface area (Å²) in [6.07, 6.45) is 12.7. The summed E-state index contributed by atoms with van der Waals surface area (Å²) in [6, 6.07) is 1.74. The number of rotatable bonds is 1. The van der Waals surface area contributed by atoms with E-state index in [0.29, 0.717) is 12.1 Å². The Labute approximate surface area is 199 Å². The second kappa shape index (κ2) is 24.5. The molecule has 0 aromatic carbocycles. The summed E-state index contributed by atoms with van der Waals surface area (Å²) in [4.78, 5) is 0. The van der Waals surface area contributed by atoms with Crippen LogP contribution in [0.25, 0.3) is 0 Å². The Hall–Kier alpha value is 2.26. The van der Waals surface area contributed by atoms with Crippen molar-refractivity contribution in [3.8, 4) is 0 Å². The van der Waals surface area contributed by atoms with Crippen molar-refractivity contribution >= 4 is 43.2 Å². The zero-order valence-corrected chi connectivity index (χ0v) is 20.8. The van der Waals surface area contributed by atoms with E-state index in [9.17, 15) is 0 Å². The number of nitrogens with two attached hydrogens (primary N) is 2. The van der Waals surface area contributed by atoms with E-state index >= 15 is 0 Å².